The predicted octanol–water partition coefficient (Wildman–Crippen LogP) is 1.76. The van der Waals surface area contributed by atoms with Gasteiger partial charge in [0.05, 0.1) is 5.56 Å². The molecule has 5 nitrogen and oxygen atoms in total. The SMILES string of the molecule is CCC(N)CC(=O)Nc1ccc(C)c(C(=O)O)c1. The highest BCUT2D eigenvalue weighted by atomic mass is 16.4. The molecule has 0 aliphatic heterocycles. The first-order valence-corrected chi connectivity index (χ1v) is 5.83. The zero-order valence-electron chi connectivity index (χ0n) is 10.6. The number of carbonyl (C=O) groups excluding carboxylic acids is 1. The first-order valence-electron chi connectivity index (χ1n) is 5.83. The van der Waals surface area contributed by atoms with Crippen LogP contribution >= 0.6 is 0 Å². The molecular formula is C13H18N2O3. The lowest BCUT2D eigenvalue weighted by atomic mass is 10.1. The molecule has 5 heteroatoms. The van der Waals surface area contributed by atoms with E-state index in [4.69, 9.17) is 10.8 Å². The largest absolute Gasteiger partial charge is 0.478 e. The third-order valence-corrected chi connectivity index (χ3v) is 2.72. The van der Waals surface area contributed by atoms with Crippen LogP contribution in [0.3, 0.4) is 0 Å². The van der Waals surface area contributed by atoms with Gasteiger partial charge in [0.15, 0.2) is 0 Å². The topological polar surface area (TPSA) is 92.4 Å². The number of carboxylic acids is 1. The fourth-order valence-electron chi connectivity index (χ4n) is 1.52. The van der Waals surface area contributed by atoms with Crippen molar-refractivity contribution in [2.75, 3.05) is 5.32 Å². The third-order valence-electron chi connectivity index (χ3n) is 2.72. The molecule has 1 amide bonds. The Morgan fingerprint density at radius 3 is 2.67 bits per heavy atom. The fourth-order valence-corrected chi connectivity index (χ4v) is 1.52. The maximum Gasteiger partial charge on any atom is 0.336 e. The molecule has 1 atom stereocenters. The van der Waals surface area contributed by atoms with Crippen LogP contribution in [0.15, 0.2) is 18.2 Å². The van der Waals surface area contributed by atoms with E-state index < -0.39 is 5.97 Å². The number of rotatable bonds is 5. The molecule has 0 bridgehead atoms. The molecule has 0 radical (unpaired) electrons. The molecule has 0 saturated heterocycles. The number of nitrogens with one attached hydrogen (secondary N) is 1. The quantitative estimate of drug-likeness (QED) is 0.742. The predicted molar refractivity (Wildman–Crippen MR) is 69.7 cm³/mol. The van der Waals surface area contributed by atoms with Gasteiger partial charge in [-0.2, -0.15) is 0 Å². The average molecular weight is 250 g/mol. The van der Waals surface area contributed by atoms with E-state index in [1.165, 1.54) is 6.07 Å². The molecule has 0 aliphatic rings. The number of hydrogen-bond acceptors (Lipinski definition) is 3. The van der Waals surface area contributed by atoms with Crippen LogP contribution in [-0.4, -0.2) is 23.0 Å². The Balaban J connectivity index is 2.76. The first kappa shape index (κ1) is 14.2. The van der Waals surface area contributed by atoms with Gasteiger partial charge in [-0.1, -0.05) is 13.0 Å². The van der Waals surface area contributed by atoms with Gasteiger partial charge in [0.1, 0.15) is 0 Å². The van der Waals surface area contributed by atoms with Crippen molar-refractivity contribution in [2.24, 2.45) is 5.73 Å². The summed E-state index contributed by atoms with van der Waals surface area (Å²) in [5.41, 5.74) is 7.00. The van der Waals surface area contributed by atoms with Gasteiger partial charge in [-0.25, -0.2) is 4.79 Å². The number of carboxylic acid groups (broad SMARTS) is 1. The molecule has 1 unspecified atom stereocenters. The molecule has 18 heavy (non-hydrogen) atoms. The van der Waals surface area contributed by atoms with Crippen LogP contribution < -0.4 is 11.1 Å². The van der Waals surface area contributed by atoms with Crippen molar-refractivity contribution in [3.8, 4) is 0 Å². The lowest BCUT2D eigenvalue weighted by molar-refractivity contribution is -0.116. The van der Waals surface area contributed by atoms with Gasteiger partial charge < -0.3 is 16.2 Å². The van der Waals surface area contributed by atoms with Gasteiger partial charge >= 0.3 is 5.97 Å². The number of amides is 1. The second kappa shape index (κ2) is 6.16. The molecular weight excluding hydrogens is 232 g/mol. The summed E-state index contributed by atoms with van der Waals surface area (Å²) in [5.74, 6) is -1.21. The average Bonchev–Trinajstić information content (AvgIpc) is 2.31. The summed E-state index contributed by atoms with van der Waals surface area (Å²) in [6.07, 6.45) is 0.953. The monoisotopic (exact) mass is 250 g/mol. The molecule has 1 rings (SSSR count). The van der Waals surface area contributed by atoms with Gasteiger partial charge in [0.25, 0.3) is 0 Å². The second-order valence-electron chi connectivity index (χ2n) is 4.26. The van der Waals surface area contributed by atoms with Crippen LogP contribution in [0, 0.1) is 6.92 Å². The zero-order valence-corrected chi connectivity index (χ0v) is 10.6. The summed E-state index contributed by atoms with van der Waals surface area (Å²) in [7, 11) is 0. The lowest BCUT2D eigenvalue weighted by Crippen LogP contribution is -2.26. The van der Waals surface area contributed by atoms with Gasteiger partial charge in [-0.3, -0.25) is 4.79 Å². The maximum absolute atomic E-state index is 11.6. The van der Waals surface area contributed by atoms with E-state index in [0.29, 0.717) is 11.3 Å². The lowest BCUT2D eigenvalue weighted by Gasteiger charge is -2.10. The smallest absolute Gasteiger partial charge is 0.336 e. The van der Waals surface area contributed by atoms with Gasteiger partial charge in [-0.05, 0) is 31.0 Å². The van der Waals surface area contributed by atoms with E-state index in [9.17, 15) is 9.59 Å². The van der Waals surface area contributed by atoms with Crippen molar-refractivity contribution < 1.29 is 14.7 Å². The van der Waals surface area contributed by atoms with Crippen molar-refractivity contribution in [2.45, 2.75) is 32.7 Å². The minimum Gasteiger partial charge on any atom is -0.478 e. The van der Waals surface area contributed by atoms with Gasteiger partial charge in [0.2, 0.25) is 5.91 Å². The highest BCUT2D eigenvalue weighted by molar-refractivity contribution is 5.94. The number of nitrogens with two attached hydrogens (primary N) is 1. The van der Waals surface area contributed by atoms with Crippen LogP contribution in [0.25, 0.3) is 0 Å². The van der Waals surface area contributed by atoms with Crippen molar-refractivity contribution in [3.63, 3.8) is 0 Å². The van der Waals surface area contributed by atoms with Gasteiger partial charge in [0, 0.05) is 18.2 Å². The zero-order chi connectivity index (χ0) is 13.7. The normalized spacial score (nSPS) is 11.9. The van der Waals surface area contributed by atoms with E-state index in [1.807, 2.05) is 6.92 Å². The van der Waals surface area contributed by atoms with Crippen LogP contribution in [0.1, 0.15) is 35.7 Å². The summed E-state index contributed by atoms with van der Waals surface area (Å²) < 4.78 is 0. The van der Waals surface area contributed by atoms with Crippen molar-refractivity contribution in [3.05, 3.63) is 29.3 Å². The third kappa shape index (κ3) is 3.85. The fraction of sp³-hybridized carbons (Fsp3) is 0.385. The number of carbonyl (C=O) groups is 2. The van der Waals surface area contributed by atoms with Crippen LogP contribution in [-0.2, 0) is 4.79 Å². The van der Waals surface area contributed by atoms with Crippen LogP contribution in [0.2, 0.25) is 0 Å². The summed E-state index contributed by atoms with van der Waals surface area (Å²) in [6, 6.07) is 4.62. The van der Waals surface area contributed by atoms with Crippen LogP contribution in [0.5, 0.6) is 0 Å². The van der Waals surface area contributed by atoms with E-state index in [0.717, 1.165) is 6.42 Å². The molecule has 0 heterocycles. The summed E-state index contributed by atoms with van der Waals surface area (Å²) in [5, 5.41) is 11.6. The Bertz CT molecular complexity index is 458. The van der Waals surface area contributed by atoms with E-state index >= 15 is 0 Å². The number of aryl methyl sites for hydroxylation is 1. The Morgan fingerprint density at radius 2 is 2.11 bits per heavy atom. The molecule has 0 saturated carbocycles. The number of benzene rings is 1. The van der Waals surface area contributed by atoms with Crippen molar-refractivity contribution in [1.82, 2.24) is 0 Å². The van der Waals surface area contributed by atoms with E-state index in [-0.39, 0.29) is 23.9 Å². The van der Waals surface area contributed by atoms with Crippen molar-refractivity contribution in [1.29, 1.82) is 0 Å². The minimum absolute atomic E-state index is 0.172. The minimum atomic E-state index is -1.01. The molecule has 98 valence electrons. The van der Waals surface area contributed by atoms with E-state index in [2.05, 4.69) is 5.32 Å². The molecule has 1 aromatic carbocycles. The number of anilines is 1. The summed E-state index contributed by atoms with van der Waals surface area (Å²) in [6.45, 7) is 3.62. The Kier molecular flexibility index (Phi) is 4.85. The van der Waals surface area contributed by atoms with Crippen molar-refractivity contribution >= 4 is 17.6 Å². The number of hydrogen-bond donors (Lipinski definition) is 3. The molecule has 0 aliphatic carbocycles. The highest BCUT2D eigenvalue weighted by Gasteiger charge is 2.11. The molecule has 4 N–H and O–H groups in total. The molecule has 1 aromatic rings. The summed E-state index contributed by atoms with van der Waals surface area (Å²) >= 11 is 0. The Hall–Kier alpha value is -1.88. The first-order chi connectivity index (χ1) is 8.43. The standard InChI is InChI=1S/C13H18N2O3/c1-3-9(14)6-12(16)15-10-5-4-8(2)11(7-10)13(17)18/h4-5,7,9H,3,6,14H2,1-2H3,(H,15,16)(H,17,18). The molecule has 0 spiro atoms. The Labute approximate surface area is 106 Å². The molecule has 0 fully saturated rings. The number of aromatic carboxylic acids is 1. The van der Waals surface area contributed by atoms with Crippen LogP contribution in [0.4, 0.5) is 5.69 Å². The van der Waals surface area contributed by atoms with E-state index in [1.54, 1.807) is 19.1 Å². The Morgan fingerprint density at radius 1 is 1.44 bits per heavy atom. The second-order valence-corrected chi connectivity index (χ2v) is 4.26. The summed E-state index contributed by atoms with van der Waals surface area (Å²) in [4.78, 5) is 22.6. The maximum atomic E-state index is 11.6. The molecule has 0 aromatic heterocycles. The highest BCUT2D eigenvalue weighted by Crippen LogP contribution is 2.15. The van der Waals surface area contributed by atoms with Gasteiger partial charge in [-0.15, -0.1) is 0 Å².